The monoisotopic (exact) mass is 291 g/mol. The first-order valence-corrected chi connectivity index (χ1v) is 8.72. The zero-order valence-corrected chi connectivity index (χ0v) is 13.1. The Bertz CT molecular complexity index is 449. The van der Waals surface area contributed by atoms with E-state index in [9.17, 15) is 0 Å². The molecule has 1 nitrogen and oxygen atoms in total. The van der Waals surface area contributed by atoms with Crippen molar-refractivity contribution in [2.24, 2.45) is 5.41 Å². The molecule has 1 saturated carbocycles. The summed E-state index contributed by atoms with van der Waals surface area (Å²) in [6.45, 7) is 2.07. The second kappa shape index (κ2) is 6.49. The summed E-state index contributed by atoms with van der Waals surface area (Å²) < 4.78 is 0. The lowest BCUT2D eigenvalue weighted by atomic mass is 9.75. The van der Waals surface area contributed by atoms with E-state index in [2.05, 4.69) is 23.5 Å². The van der Waals surface area contributed by atoms with Gasteiger partial charge in [-0.05, 0) is 54.2 Å². The number of rotatable bonds is 5. The number of hydrogen-bond acceptors (Lipinski definition) is 1. The Kier molecular flexibility index (Phi) is 4.68. The van der Waals surface area contributed by atoms with Gasteiger partial charge in [0, 0.05) is 19.0 Å². The van der Waals surface area contributed by atoms with Crippen LogP contribution in [0.1, 0.15) is 55.2 Å². The highest BCUT2D eigenvalue weighted by Gasteiger charge is 2.30. The molecule has 0 bridgehead atoms. The fourth-order valence-electron chi connectivity index (χ4n) is 3.87. The van der Waals surface area contributed by atoms with Crippen LogP contribution in [-0.2, 0) is 19.4 Å². The fraction of sp³-hybridized carbons (Fsp3) is 0.667. The van der Waals surface area contributed by atoms with Crippen LogP contribution in [0, 0.1) is 5.41 Å². The summed E-state index contributed by atoms with van der Waals surface area (Å²) in [4.78, 5) is 0. The van der Waals surface area contributed by atoms with Gasteiger partial charge in [0.2, 0.25) is 0 Å². The third-order valence-corrected chi connectivity index (χ3v) is 5.76. The van der Waals surface area contributed by atoms with E-state index in [1.165, 1.54) is 56.9 Å². The van der Waals surface area contributed by atoms with Crippen molar-refractivity contribution in [3.05, 3.63) is 34.9 Å². The van der Waals surface area contributed by atoms with Gasteiger partial charge in [-0.1, -0.05) is 37.5 Å². The van der Waals surface area contributed by atoms with Crippen LogP contribution in [0.25, 0.3) is 0 Å². The molecule has 3 rings (SSSR count). The Morgan fingerprint density at radius 2 is 1.80 bits per heavy atom. The van der Waals surface area contributed by atoms with Crippen LogP contribution in [0.3, 0.4) is 0 Å². The minimum absolute atomic E-state index is 0.358. The van der Waals surface area contributed by atoms with E-state index >= 15 is 0 Å². The summed E-state index contributed by atoms with van der Waals surface area (Å²) >= 11 is 6.26. The molecular formula is C18H26ClN. The van der Waals surface area contributed by atoms with Crippen molar-refractivity contribution >= 4 is 11.6 Å². The number of hydrogen-bond donors (Lipinski definition) is 1. The van der Waals surface area contributed by atoms with Gasteiger partial charge in [-0.25, -0.2) is 0 Å². The van der Waals surface area contributed by atoms with E-state index in [-0.39, 0.29) is 0 Å². The second-order valence-corrected chi connectivity index (χ2v) is 7.02. The predicted octanol–water partition coefficient (Wildman–Crippen LogP) is 4.45. The van der Waals surface area contributed by atoms with Crippen LogP contribution in [0.4, 0.5) is 0 Å². The van der Waals surface area contributed by atoms with E-state index in [1.807, 2.05) is 0 Å². The molecule has 2 aliphatic rings. The van der Waals surface area contributed by atoms with Gasteiger partial charge in [0.1, 0.15) is 0 Å². The highest BCUT2D eigenvalue weighted by molar-refractivity contribution is 6.18. The predicted molar refractivity (Wildman–Crippen MR) is 86.4 cm³/mol. The smallest absolute Gasteiger partial charge is 0.0292 e. The van der Waals surface area contributed by atoms with Crippen LogP contribution in [0.15, 0.2) is 18.2 Å². The van der Waals surface area contributed by atoms with Gasteiger partial charge in [0.25, 0.3) is 0 Å². The summed E-state index contributed by atoms with van der Waals surface area (Å²) in [7, 11) is 0. The summed E-state index contributed by atoms with van der Waals surface area (Å²) in [6, 6.07) is 7.03. The maximum atomic E-state index is 6.26. The first-order valence-electron chi connectivity index (χ1n) is 8.19. The number of benzene rings is 1. The van der Waals surface area contributed by atoms with Crippen LogP contribution in [0.5, 0.6) is 0 Å². The third-order valence-electron chi connectivity index (χ3n) is 5.19. The molecule has 1 aromatic carbocycles. The molecule has 20 heavy (non-hydrogen) atoms. The molecule has 0 radical (unpaired) electrons. The first kappa shape index (κ1) is 14.4. The van der Waals surface area contributed by atoms with E-state index in [0.717, 1.165) is 19.0 Å². The van der Waals surface area contributed by atoms with Crippen molar-refractivity contribution in [2.45, 2.75) is 57.9 Å². The van der Waals surface area contributed by atoms with Gasteiger partial charge in [-0.2, -0.15) is 0 Å². The summed E-state index contributed by atoms with van der Waals surface area (Å²) in [5, 5.41) is 3.67. The number of halogens is 1. The number of alkyl halides is 1. The lowest BCUT2D eigenvalue weighted by Crippen LogP contribution is -2.37. The van der Waals surface area contributed by atoms with E-state index in [0.29, 0.717) is 5.41 Å². The van der Waals surface area contributed by atoms with Gasteiger partial charge in [-0.15, -0.1) is 11.6 Å². The lowest BCUT2D eigenvalue weighted by molar-refractivity contribution is 0.212. The highest BCUT2D eigenvalue weighted by atomic mass is 35.5. The SMILES string of the molecule is ClCC1(CNCc2ccc3c(c2)CCC3)CCCCC1. The Balaban J connectivity index is 1.54. The van der Waals surface area contributed by atoms with E-state index in [1.54, 1.807) is 11.1 Å². The molecule has 2 heteroatoms. The van der Waals surface area contributed by atoms with Crippen molar-refractivity contribution in [2.75, 3.05) is 12.4 Å². The number of fused-ring (bicyclic) bond motifs is 1. The summed E-state index contributed by atoms with van der Waals surface area (Å²) in [5.41, 5.74) is 4.94. The van der Waals surface area contributed by atoms with Crippen molar-refractivity contribution in [3.63, 3.8) is 0 Å². The maximum absolute atomic E-state index is 6.26. The van der Waals surface area contributed by atoms with Crippen LogP contribution < -0.4 is 5.32 Å². The van der Waals surface area contributed by atoms with Crippen molar-refractivity contribution in [3.8, 4) is 0 Å². The number of nitrogens with one attached hydrogen (secondary N) is 1. The molecular weight excluding hydrogens is 266 g/mol. The molecule has 1 N–H and O–H groups in total. The van der Waals surface area contributed by atoms with Gasteiger partial charge >= 0.3 is 0 Å². The fourth-order valence-corrected chi connectivity index (χ4v) is 4.23. The van der Waals surface area contributed by atoms with Crippen molar-refractivity contribution in [1.82, 2.24) is 5.32 Å². The molecule has 0 aliphatic heterocycles. The molecule has 1 aromatic rings. The molecule has 0 atom stereocenters. The maximum Gasteiger partial charge on any atom is 0.0292 e. The quantitative estimate of drug-likeness (QED) is 0.790. The average Bonchev–Trinajstić information content (AvgIpc) is 2.96. The third kappa shape index (κ3) is 3.20. The van der Waals surface area contributed by atoms with Crippen LogP contribution in [-0.4, -0.2) is 12.4 Å². The molecule has 0 amide bonds. The summed E-state index contributed by atoms with van der Waals surface area (Å²) in [5.74, 6) is 0.810. The minimum Gasteiger partial charge on any atom is -0.312 e. The highest BCUT2D eigenvalue weighted by Crippen LogP contribution is 2.36. The largest absolute Gasteiger partial charge is 0.312 e. The normalized spacial score (nSPS) is 20.9. The Labute approximate surface area is 128 Å². The van der Waals surface area contributed by atoms with E-state index in [4.69, 9.17) is 11.6 Å². The molecule has 0 heterocycles. The van der Waals surface area contributed by atoms with Crippen LogP contribution >= 0.6 is 11.6 Å². The van der Waals surface area contributed by atoms with Crippen molar-refractivity contribution < 1.29 is 0 Å². The van der Waals surface area contributed by atoms with Gasteiger partial charge < -0.3 is 5.32 Å². The first-order chi connectivity index (χ1) is 9.81. The van der Waals surface area contributed by atoms with Gasteiger partial charge in [0.15, 0.2) is 0 Å². The molecule has 0 saturated heterocycles. The standard InChI is InChI=1S/C18H26ClN/c19-13-18(9-2-1-3-10-18)14-20-12-15-7-8-16-5-4-6-17(16)11-15/h7-8,11,20H,1-6,9-10,12-14H2. The molecule has 0 spiro atoms. The molecule has 0 unspecified atom stereocenters. The Morgan fingerprint density at radius 1 is 1.00 bits per heavy atom. The molecule has 0 aromatic heterocycles. The van der Waals surface area contributed by atoms with E-state index < -0.39 is 0 Å². The topological polar surface area (TPSA) is 12.0 Å². The van der Waals surface area contributed by atoms with Crippen LogP contribution in [0.2, 0.25) is 0 Å². The second-order valence-electron chi connectivity index (χ2n) is 6.75. The average molecular weight is 292 g/mol. The molecule has 1 fully saturated rings. The van der Waals surface area contributed by atoms with Gasteiger partial charge in [-0.3, -0.25) is 0 Å². The molecule has 2 aliphatic carbocycles. The summed E-state index contributed by atoms with van der Waals surface area (Å²) in [6.07, 6.45) is 10.6. The Morgan fingerprint density at radius 3 is 2.60 bits per heavy atom. The minimum atomic E-state index is 0.358. The lowest BCUT2D eigenvalue weighted by Gasteiger charge is -2.35. The van der Waals surface area contributed by atoms with Gasteiger partial charge in [0.05, 0.1) is 0 Å². The zero-order chi connectivity index (χ0) is 13.8. The molecule has 110 valence electrons. The Hall–Kier alpha value is -0.530. The number of aryl methyl sites for hydroxylation is 2. The zero-order valence-electron chi connectivity index (χ0n) is 12.4. The van der Waals surface area contributed by atoms with Crippen molar-refractivity contribution in [1.29, 1.82) is 0 Å².